The molecule has 1 heterocycles. The molecule has 1 N–H and O–H groups in total. The van der Waals surface area contributed by atoms with Crippen LogP contribution in [0.1, 0.15) is 44.0 Å². The molecule has 0 fully saturated rings. The molecule has 0 amide bonds. The van der Waals surface area contributed by atoms with Crippen LogP contribution in [-0.2, 0) is 13.0 Å². The molecule has 1 aromatic heterocycles. The highest BCUT2D eigenvalue weighted by molar-refractivity contribution is 5.83. The Labute approximate surface area is 116 Å². The lowest BCUT2D eigenvalue weighted by atomic mass is 10.0. The van der Waals surface area contributed by atoms with E-state index in [0.717, 1.165) is 30.6 Å². The lowest BCUT2D eigenvalue weighted by molar-refractivity contribution is 0.535. The minimum absolute atomic E-state index is 0.554. The Balaban J connectivity index is 2.39. The molecule has 0 saturated heterocycles. The van der Waals surface area contributed by atoms with Crippen molar-refractivity contribution in [3.05, 3.63) is 41.1 Å². The van der Waals surface area contributed by atoms with E-state index in [1.165, 1.54) is 16.5 Å². The van der Waals surface area contributed by atoms with Crippen LogP contribution in [0.3, 0.4) is 0 Å². The van der Waals surface area contributed by atoms with Crippen LogP contribution in [0.4, 0.5) is 0 Å². The molecule has 2 rings (SSSR count). The van der Waals surface area contributed by atoms with Crippen LogP contribution in [0.15, 0.2) is 24.3 Å². The standard InChI is InChI=1S/C17H24N2/c1-5-12(3)18-11-15-9-13(4)19-17-8-7-14(6-2)10-16(15)17/h7-10,12,18H,5-6,11H2,1-4H3. The Morgan fingerprint density at radius 2 is 2.00 bits per heavy atom. The van der Waals surface area contributed by atoms with Gasteiger partial charge in [-0.2, -0.15) is 0 Å². The zero-order valence-corrected chi connectivity index (χ0v) is 12.5. The molecular weight excluding hydrogens is 232 g/mol. The maximum Gasteiger partial charge on any atom is 0.0708 e. The summed E-state index contributed by atoms with van der Waals surface area (Å²) in [6.45, 7) is 9.62. The molecule has 0 aliphatic rings. The lowest BCUT2D eigenvalue weighted by Crippen LogP contribution is -2.24. The van der Waals surface area contributed by atoms with Gasteiger partial charge in [-0.05, 0) is 56.0 Å². The fraction of sp³-hybridized carbons (Fsp3) is 0.471. The predicted molar refractivity (Wildman–Crippen MR) is 82.5 cm³/mol. The Hall–Kier alpha value is -1.41. The zero-order chi connectivity index (χ0) is 13.8. The monoisotopic (exact) mass is 256 g/mol. The molecule has 19 heavy (non-hydrogen) atoms. The Kier molecular flexibility index (Phi) is 4.54. The molecular formula is C17H24N2. The zero-order valence-electron chi connectivity index (χ0n) is 12.5. The Morgan fingerprint density at radius 3 is 2.68 bits per heavy atom. The quantitative estimate of drug-likeness (QED) is 0.875. The summed E-state index contributed by atoms with van der Waals surface area (Å²) in [6, 6.07) is 9.37. The minimum Gasteiger partial charge on any atom is -0.310 e. The SMILES string of the molecule is CCc1ccc2nc(C)cc(CNC(C)CC)c2c1. The Morgan fingerprint density at radius 1 is 1.21 bits per heavy atom. The first-order valence-corrected chi connectivity index (χ1v) is 7.26. The second kappa shape index (κ2) is 6.16. The molecule has 2 heteroatoms. The van der Waals surface area contributed by atoms with Crippen molar-refractivity contribution in [2.24, 2.45) is 0 Å². The van der Waals surface area contributed by atoms with Crippen LogP contribution in [0.25, 0.3) is 10.9 Å². The smallest absolute Gasteiger partial charge is 0.0708 e. The summed E-state index contributed by atoms with van der Waals surface area (Å²) in [5.74, 6) is 0. The number of pyridine rings is 1. The Bertz CT molecular complexity index is 560. The van der Waals surface area contributed by atoms with Crippen LogP contribution in [-0.4, -0.2) is 11.0 Å². The van der Waals surface area contributed by atoms with Gasteiger partial charge < -0.3 is 5.32 Å². The summed E-state index contributed by atoms with van der Waals surface area (Å²) in [5, 5.41) is 4.87. The van der Waals surface area contributed by atoms with E-state index in [4.69, 9.17) is 0 Å². The highest BCUT2D eigenvalue weighted by atomic mass is 14.9. The van der Waals surface area contributed by atoms with Gasteiger partial charge in [0.15, 0.2) is 0 Å². The highest BCUT2D eigenvalue weighted by Crippen LogP contribution is 2.20. The first-order valence-electron chi connectivity index (χ1n) is 7.26. The van der Waals surface area contributed by atoms with Crippen molar-refractivity contribution in [2.45, 2.75) is 53.1 Å². The van der Waals surface area contributed by atoms with Gasteiger partial charge in [0, 0.05) is 23.7 Å². The summed E-state index contributed by atoms with van der Waals surface area (Å²) in [4.78, 5) is 4.63. The van der Waals surface area contributed by atoms with Crippen molar-refractivity contribution in [3.63, 3.8) is 0 Å². The topological polar surface area (TPSA) is 24.9 Å². The molecule has 102 valence electrons. The van der Waals surface area contributed by atoms with E-state index in [1.54, 1.807) is 0 Å². The van der Waals surface area contributed by atoms with Crippen LogP contribution < -0.4 is 5.32 Å². The van der Waals surface area contributed by atoms with E-state index in [1.807, 2.05) is 0 Å². The fourth-order valence-electron chi connectivity index (χ4n) is 2.28. The van der Waals surface area contributed by atoms with Gasteiger partial charge in [0.1, 0.15) is 0 Å². The summed E-state index contributed by atoms with van der Waals surface area (Å²) in [5.41, 5.74) is 4.94. The molecule has 2 nitrogen and oxygen atoms in total. The number of fused-ring (bicyclic) bond motifs is 1. The number of aryl methyl sites for hydroxylation is 2. The summed E-state index contributed by atoms with van der Waals surface area (Å²) in [7, 11) is 0. The molecule has 0 saturated carbocycles. The molecule has 1 atom stereocenters. The highest BCUT2D eigenvalue weighted by Gasteiger charge is 2.06. The number of hydrogen-bond donors (Lipinski definition) is 1. The van der Waals surface area contributed by atoms with E-state index in [0.29, 0.717) is 6.04 Å². The molecule has 0 radical (unpaired) electrons. The number of nitrogens with one attached hydrogen (secondary N) is 1. The van der Waals surface area contributed by atoms with Gasteiger partial charge in [-0.3, -0.25) is 4.98 Å². The van der Waals surface area contributed by atoms with Crippen molar-refractivity contribution < 1.29 is 0 Å². The fourth-order valence-corrected chi connectivity index (χ4v) is 2.28. The number of nitrogens with zero attached hydrogens (tertiary/aromatic N) is 1. The molecule has 0 bridgehead atoms. The average molecular weight is 256 g/mol. The summed E-state index contributed by atoms with van der Waals surface area (Å²) in [6.07, 6.45) is 2.23. The van der Waals surface area contributed by atoms with Gasteiger partial charge in [0.25, 0.3) is 0 Å². The first-order chi connectivity index (χ1) is 9.13. The second-order valence-electron chi connectivity index (χ2n) is 5.32. The maximum absolute atomic E-state index is 4.63. The molecule has 0 aliphatic heterocycles. The predicted octanol–water partition coefficient (Wildman–Crippen LogP) is 3.99. The largest absolute Gasteiger partial charge is 0.310 e. The van der Waals surface area contributed by atoms with E-state index < -0.39 is 0 Å². The van der Waals surface area contributed by atoms with Crippen LogP contribution >= 0.6 is 0 Å². The van der Waals surface area contributed by atoms with Crippen LogP contribution in [0.2, 0.25) is 0 Å². The normalized spacial score (nSPS) is 12.8. The second-order valence-corrected chi connectivity index (χ2v) is 5.32. The average Bonchev–Trinajstić information content (AvgIpc) is 2.43. The van der Waals surface area contributed by atoms with Gasteiger partial charge in [-0.1, -0.05) is 19.9 Å². The van der Waals surface area contributed by atoms with Crippen molar-refractivity contribution in [1.29, 1.82) is 0 Å². The van der Waals surface area contributed by atoms with Crippen molar-refractivity contribution >= 4 is 10.9 Å². The van der Waals surface area contributed by atoms with Gasteiger partial charge in [-0.25, -0.2) is 0 Å². The van der Waals surface area contributed by atoms with Crippen LogP contribution in [0.5, 0.6) is 0 Å². The first kappa shape index (κ1) is 14.0. The summed E-state index contributed by atoms with van der Waals surface area (Å²) >= 11 is 0. The maximum atomic E-state index is 4.63. The van der Waals surface area contributed by atoms with E-state index >= 15 is 0 Å². The van der Waals surface area contributed by atoms with Crippen molar-refractivity contribution in [3.8, 4) is 0 Å². The third-order valence-electron chi connectivity index (χ3n) is 3.75. The molecule has 1 aromatic carbocycles. The van der Waals surface area contributed by atoms with E-state index in [2.05, 4.69) is 62.3 Å². The molecule has 0 aliphatic carbocycles. The van der Waals surface area contributed by atoms with E-state index in [9.17, 15) is 0 Å². The van der Waals surface area contributed by atoms with Gasteiger partial charge in [-0.15, -0.1) is 0 Å². The number of hydrogen-bond acceptors (Lipinski definition) is 2. The third kappa shape index (κ3) is 3.32. The number of rotatable bonds is 5. The molecule has 0 spiro atoms. The number of benzene rings is 1. The van der Waals surface area contributed by atoms with Crippen LogP contribution in [0, 0.1) is 6.92 Å². The van der Waals surface area contributed by atoms with Gasteiger partial charge in [0.05, 0.1) is 5.52 Å². The minimum atomic E-state index is 0.554. The summed E-state index contributed by atoms with van der Waals surface area (Å²) < 4.78 is 0. The van der Waals surface area contributed by atoms with Gasteiger partial charge in [0.2, 0.25) is 0 Å². The lowest BCUT2D eigenvalue weighted by Gasteiger charge is -2.14. The third-order valence-corrected chi connectivity index (χ3v) is 3.75. The molecule has 1 unspecified atom stereocenters. The van der Waals surface area contributed by atoms with Crippen molar-refractivity contribution in [2.75, 3.05) is 0 Å². The van der Waals surface area contributed by atoms with Gasteiger partial charge >= 0.3 is 0 Å². The van der Waals surface area contributed by atoms with E-state index in [-0.39, 0.29) is 0 Å². The number of aromatic nitrogens is 1. The molecule has 2 aromatic rings. The van der Waals surface area contributed by atoms with Crippen molar-refractivity contribution in [1.82, 2.24) is 10.3 Å².